The highest BCUT2D eigenvalue weighted by Gasteiger charge is 2.22. The van der Waals surface area contributed by atoms with Crippen LogP contribution in [0, 0.1) is 0 Å². The van der Waals surface area contributed by atoms with E-state index in [9.17, 15) is 4.79 Å². The molecule has 1 heterocycles. The van der Waals surface area contributed by atoms with Crippen LogP contribution in [0.25, 0.3) is 0 Å². The summed E-state index contributed by atoms with van der Waals surface area (Å²) in [6.45, 7) is 2.72. The maximum Gasteiger partial charge on any atom is 0.224 e. The largest absolute Gasteiger partial charge is 0.494 e. The molecule has 0 aliphatic heterocycles. The Balaban J connectivity index is 1.48. The van der Waals surface area contributed by atoms with Crippen LogP contribution >= 0.6 is 0 Å². The molecular formula is C19H25N3O3. The minimum absolute atomic E-state index is 0.0757. The van der Waals surface area contributed by atoms with Crippen LogP contribution in [0.3, 0.4) is 0 Å². The summed E-state index contributed by atoms with van der Waals surface area (Å²) in [5.41, 5.74) is 0.732. The summed E-state index contributed by atoms with van der Waals surface area (Å²) in [5.74, 6) is 2.36. The van der Waals surface area contributed by atoms with E-state index in [2.05, 4.69) is 22.4 Å². The van der Waals surface area contributed by atoms with Crippen molar-refractivity contribution in [1.82, 2.24) is 10.2 Å². The number of aromatic nitrogens is 2. The highest BCUT2D eigenvalue weighted by atomic mass is 16.5. The smallest absolute Gasteiger partial charge is 0.224 e. The van der Waals surface area contributed by atoms with Gasteiger partial charge in [-0.05, 0) is 31.4 Å². The Morgan fingerprint density at radius 1 is 1.32 bits per heavy atom. The number of carbonyl (C=O) groups is 1. The zero-order valence-electron chi connectivity index (χ0n) is 14.7. The van der Waals surface area contributed by atoms with E-state index in [-0.39, 0.29) is 5.91 Å². The molecule has 0 bridgehead atoms. The molecule has 1 aromatic heterocycles. The molecule has 1 amide bonds. The van der Waals surface area contributed by atoms with Gasteiger partial charge >= 0.3 is 0 Å². The van der Waals surface area contributed by atoms with Crippen molar-refractivity contribution in [2.45, 2.75) is 57.8 Å². The summed E-state index contributed by atoms with van der Waals surface area (Å²) in [7, 11) is 0. The topological polar surface area (TPSA) is 77.2 Å². The summed E-state index contributed by atoms with van der Waals surface area (Å²) in [5, 5.41) is 11.1. The van der Waals surface area contributed by atoms with Crippen LogP contribution < -0.4 is 10.1 Å². The molecule has 1 aromatic carbocycles. The molecule has 25 heavy (non-hydrogen) atoms. The van der Waals surface area contributed by atoms with Crippen LogP contribution in [-0.4, -0.2) is 22.7 Å². The molecule has 1 aliphatic rings. The lowest BCUT2D eigenvalue weighted by Crippen LogP contribution is -2.12. The molecule has 0 saturated heterocycles. The Kier molecular flexibility index (Phi) is 6.04. The molecule has 0 unspecified atom stereocenters. The van der Waals surface area contributed by atoms with Gasteiger partial charge in [-0.15, -0.1) is 10.2 Å². The molecule has 134 valence electrons. The van der Waals surface area contributed by atoms with E-state index < -0.39 is 0 Å². The van der Waals surface area contributed by atoms with Gasteiger partial charge in [-0.2, -0.15) is 0 Å². The third-order valence-corrected chi connectivity index (χ3v) is 4.34. The van der Waals surface area contributed by atoms with E-state index in [1.165, 1.54) is 12.8 Å². The molecule has 6 nitrogen and oxygen atoms in total. The van der Waals surface area contributed by atoms with Gasteiger partial charge in [0.05, 0.1) is 6.61 Å². The normalized spacial score (nSPS) is 14.6. The van der Waals surface area contributed by atoms with Crippen LogP contribution in [0.1, 0.15) is 63.1 Å². The van der Waals surface area contributed by atoms with Gasteiger partial charge in [-0.3, -0.25) is 4.79 Å². The lowest BCUT2D eigenvalue weighted by Gasteiger charge is -2.08. The maximum atomic E-state index is 12.1. The first kappa shape index (κ1) is 17.5. The predicted molar refractivity (Wildman–Crippen MR) is 94.7 cm³/mol. The number of benzene rings is 1. The fourth-order valence-electron chi connectivity index (χ4n) is 3.03. The van der Waals surface area contributed by atoms with Crippen molar-refractivity contribution < 1.29 is 13.9 Å². The van der Waals surface area contributed by atoms with Crippen LogP contribution in [0.15, 0.2) is 28.7 Å². The second-order valence-electron chi connectivity index (χ2n) is 6.44. The third kappa shape index (κ3) is 5.05. The second-order valence-corrected chi connectivity index (χ2v) is 6.44. The molecule has 1 aliphatic carbocycles. The summed E-state index contributed by atoms with van der Waals surface area (Å²) < 4.78 is 11.3. The fraction of sp³-hybridized carbons (Fsp3) is 0.526. The molecular weight excluding hydrogens is 318 g/mol. The number of hydrogen-bond donors (Lipinski definition) is 1. The van der Waals surface area contributed by atoms with Crippen molar-refractivity contribution in [2.75, 3.05) is 11.9 Å². The molecule has 0 radical (unpaired) electrons. The first-order valence-corrected chi connectivity index (χ1v) is 9.09. The van der Waals surface area contributed by atoms with E-state index in [1.54, 1.807) is 0 Å². The molecule has 2 aromatic rings. The van der Waals surface area contributed by atoms with Gasteiger partial charge in [0.25, 0.3) is 0 Å². The lowest BCUT2D eigenvalue weighted by molar-refractivity contribution is -0.116. The van der Waals surface area contributed by atoms with Gasteiger partial charge in [0.1, 0.15) is 5.75 Å². The van der Waals surface area contributed by atoms with Crippen molar-refractivity contribution in [3.63, 3.8) is 0 Å². The van der Waals surface area contributed by atoms with E-state index >= 15 is 0 Å². The van der Waals surface area contributed by atoms with Crippen molar-refractivity contribution in [1.29, 1.82) is 0 Å². The summed E-state index contributed by atoms with van der Waals surface area (Å²) in [6, 6.07) is 7.43. The number of amides is 1. The zero-order valence-corrected chi connectivity index (χ0v) is 14.7. The minimum atomic E-state index is -0.0757. The fourth-order valence-corrected chi connectivity index (χ4v) is 3.03. The number of rotatable bonds is 8. The number of aryl methyl sites for hydroxylation is 1. The van der Waals surface area contributed by atoms with Crippen LogP contribution in [0.2, 0.25) is 0 Å². The van der Waals surface area contributed by atoms with E-state index in [1.807, 2.05) is 24.3 Å². The maximum absolute atomic E-state index is 12.1. The SMILES string of the molecule is CCCOc1cccc(NC(=O)CCc2nnc(C3CCCC3)o2)c1. The summed E-state index contributed by atoms with van der Waals surface area (Å²) in [6.07, 6.45) is 6.42. The highest BCUT2D eigenvalue weighted by Crippen LogP contribution is 2.33. The van der Waals surface area contributed by atoms with Gasteiger partial charge in [0.2, 0.25) is 17.7 Å². The highest BCUT2D eigenvalue weighted by molar-refractivity contribution is 5.90. The first-order chi connectivity index (χ1) is 12.2. The minimum Gasteiger partial charge on any atom is -0.494 e. The Morgan fingerprint density at radius 3 is 2.96 bits per heavy atom. The third-order valence-electron chi connectivity index (χ3n) is 4.34. The van der Waals surface area contributed by atoms with Crippen molar-refractivity contribution in [2.24, 2.45) is 0 Å². The zero-order chi connectivity index (χ0) is 17.5. The van der Waals surface area contributed by atoms with Gasteiger partial charge in [-0.1, -0.05) is 25.8 Å². The van der Waals surface area contributed by atoms with Gasteiger partial charge in [0.15, 0.2) is 0 Å². The summed E-state index contributed by atoms with van der Waals surface area (Å²) >= 11 is 0. The van der Waals surface area contributed by atoms with Gasteiger partial charge in [0, 0.05) is 30.5 Å². The molecule has 3 rings (SSSR count). The summed E-state index contributed by atoms with van der Waals surface area (Å²) in [4.78, 5) is 12.1. The average molecular weight is 343 g/mol. The van der Waals surface area contributed by atoms with Crippen LogP contribution in [0.4, 0.5) is 5.69 Å². The quantitative estimate of drug-likeness (QED) is 0.781. The molecule has 1 saturated carbocycles. The molecule has 1 N–H and O–H groups in total. The standard InChI is InChI=1S/C19H25N3O3/c1-2-12-24-16-9-5-8-15(13-16)20-17(23)10-11-18-21-22-19(25-18)14-6-3-4-7-14/h5,8-9,13-14H,2-4,6-7,10-12H2,1H3,(H,20,23). The van der Waals surface area contributed by atoms with E-state index in [0.717, 1.165) is 36.6 Å². The monoisotopic (exact) mass is 343 g/mol. The Labute approximate surface area is 148 Å². The number of nitrogens with zero attached hydrogens (tertiary/aromatic N) is 2. The lowest BCUT2D eigenvalue weighted by atomic mass is 10.1. The van der Waals surface area contributed by atoms with Crippen molar-refractivity contribution >= 4 is 11.6 Å². The predicted octanol–water partition coefficient (Wildman–Crippen LogP) is 4.09. The molecule has 0 atom stereocenters. The van der Waals surface area contributed by atoms with E-state index in [0.29, 0.717) is 31.3 Å². The molecule has 0 spiro atoms. The Bertz CT molecular complexity index is 693. The molecule has 6 heteroatoms. The Hall–Kier alpha value is -2.37. The van der Waals surface area contributed by atoms with Crippen molar-refractivity contribution in [3.05, 3.63) is 36.0 Å². The number of hydrogen-bond acceptors (Lipinski definition) is 5. The molecule has 1 fully saturated rings. The number of carbonyl (C=O) groups excluding carboxylic acids is 1. The van der Waals surface area contributed by atoms with Crippen molar-refractivity contribution in [3.8, 4) is 5.75 Å². The average Bonchev–Trinajstić information content (AvgIpc) is 3.29. The second kappa shape index (κ2) is 8.65. The number of anilines is 1. The van der Waals surface area contributed by atoms with Gasteiger partial charge in [-0.25, -0.2) is 0 Å². The van der Waals surface area contributed by atoms with Gasteiger partial charge < -0.3 is 14.5 Å². The van der Waals surface area contributed by atoms with E-state index in [4.69, 9.17) is 9.15 Å². The Morgan fingerprint density at radius 2 is 2.16 bits per heavy atom. The van der Waals surface area contributed by atoms with Crippen LogP contribution in [0.5, 0.6) is 5.75 Å². The first-order valence-electron chi connectivity index (χ1n) is 9.09. The number of ether oxygens (including phenoxy) is 1. The van der Waals surface area contributed by atoms with Crippen LogP contribution in [-0.2, 0) is 11.2 Å². The number of nitrogens with one attached hydrogen (secondary N) is 1.